The molecule has 0 spiro atoms. The number of nitrogens with one attached hydrogen (secondary N) is 2. The lowest BCUT2D eigenvalue weighted by Crippen LogP contribution is -2.44. The molecule has 2 unspecified atom stereocenters. The number of rotatable bonds is 7. The molecule has 1 aromatic carbocycles. The Morgan fingerprint density at radius 3 is 2.48 bits per heavy atom. The Kier molecular flexibility index (Phi) is 6.98. The molecular formula is C19H29N5O. The zero-order valence-corrected chi connectivity index (χ0v) is 15.8. The first-order valence-corrected chi connectivity index (χ1v) is 8.85. The number of benzene rings is 1. The molecule has 0 saturated carbocycles. The van der Waals surface area contributed by atoms with Gasteiger partial charge in [0.05, 0.1) is 0 Å². The maximum atomic E-state index is 5.26. The molecule has 2 atom stereocenters. The maximum absolute atomic E-state index is 5.26. The summed E-state index contributed by atoms with van der Waals surface area (Å²) in [6, 6.07) is 10.7. The van der Waals surface area contributed by atoms with Crippen LogP contribution in [0.15, 0.2) is 39.8 Å². The minimum atomic E-state index is 0.254. The molecule has 0 aliphatic carbocycles. The third-order valence-corrected chi connectivity index (χ3v) is 4.29. The van der Waals surface area contributed by atoms with Crippen LogP contribution >= 0.6 is 0 Å². The van der Waals surface area contributed by atoms with Crippen LogP contribution < -0.4 is 10.6 Å². The van der Waals surface area contributed by atoms with Crippen LogP contribution in [0.25, 0.3) is 0 Å². The van der Waals surface area contributed by atoms with Gasteiger partial charge in [0.15, 0.2) is 11.8 Å². The summed E-state index contributed by atoms with van der Waals surface area (Å²) in [5, 5.41) is 10.7. The third-order valence-electron chi connectivity index (χ3n) is 4.29. The summed E-state index contributed by atoms with van der Waals surface area (Å²) in [5.74, 6) is 2.84. The quantitative estimate of drug-likeness (QED) is 0.597. The molecule has 2 aromatic rings. The first-order chi connectivity index (χ1) is 12.0. The molecule has 0 aliphatic heterocycles. The number of aliphatic imine (C=N–C) groups is 1. The molecule has 6 nitrogen and oxygen atoms in total. The number of hydrogen-bond donors (Lipinski definition) is 2. The van der Waals surface area contributed by atoms with Gasteiger partial charge < -0.3 is 15.2 Å². The molecule has 0 radical (unpaired) electrons. The number of hydrogen-bond acceptors (Lipinski definition) is 4. The van der Waals surface area contributed by atoms with Gasteiger partial charge in [-0.05, 0) is 12.5 Å². The average molecular weight is 343 g/mol. The van der Waals surface area contributed by atoms with E-state index in [0.29, 0.717) is 24.8 Å². The normalized spacial score (nSPS) is 14.4. The molecule has 1 aromatic heterocycles. The van der Waals surface area contributed by atoms with E-state index in [1.807, 2.05) is 19.9 Å². The van der Waals surface area contributed by atoms with Crippen molar-refractivity contribution < 1.29 is 4.52 Å². The fourth-order valence-electron chi connectivity index (χ4n) is 2.47. The van der Waals surface area contributed by atoms with Crippen LogP contribution in [0.1, 0.15) is 56.8 Å². The van der Waals surface area contributed by atoms with Crippen LogP contribution in [0.3, 0.4) is 0 Å². The molecule has 0 fully saturated rings. The lowest BCUT2D eigenvalue weighted by Gasteiger charge is -2.24. The van der Waals surface area contributed by atoms with E-state index < -0.39 is 0 Å². The summed E-state index contributed by atoms with van der Waals surface area (Å²) in [6.45, 7) is 9.16. The summed E-state index contributed by atoms with van der Waals surface area (Å²) in [7, 11) is 1.78. The van der Waals surface area contributed by atoms with E-state index >= 15 is 0 Å². The van der Waals surface area contributed by atoms with Crippen molar-refractivity contribution in [1.82, 2.24) is 20.8 Å². The van der Waals surface area contributed by atoms with E-state index in [4.69, 9.17) is 4.52 Å². The average Bonchev–Trinajstić information content (AvgIpc) is 3.10. The highest BCUT2D eigenvalue weighted by molar-refractivity contribution is 5.80. The minimum Gasteiger partial charge on any atom is -0.356 e. The molecule has 0 aliphatic rings. The van der Waals surface area contributed by atoms with E-state index in [2.05, 4.69) is 63.9 Å². The van der Waals surface area contributed by atoms with E-state index in [-0.39, 0.29) is 12.0 Å². The highest BCUT2D eigenvalue weighted by Gasteiger charge is 2.15. The predicted molar refractivity (Wildman–Crippen MR) is 101 cm³/mol. The molecule has 6 heteroatoms. The molecule has 25 heavy (non-hydrogen) atoms. The Morgan fingerprint density at radius 2 is 1.88 bits per heavy atom. The smallest absolute Gasteiger partial charge is 0.228 e. The van der Waals surface area contributed by atoms with Crippen LogP contribution in [-0.2, 0) is 6.42 Å². The number of aromatic nitrogens is 2. The Balaban J connectivity index is 1.81. The van der Waals surface area contributed by atoms with Gasteiger partial charge in [0.25, 0.3) is 0 Å². The van der Waals surface area contributed by atoms with Crippen molar-refractivity contribution in [3.05, 3.63) is 47.6 Å². The van der Waals surface area contributed by atoms with Crippen molar-refractivity contribution in [2.45, 2.75) is 52.0 Å². The van der Waals surface area contributed by atoms with Crippen molar-refractivity contribution in [2.75, 3.05) is 13.6 Å². The second-order valence-electron chi connectivity index (χ2n) is 6.58. The van der Waals surface area contributed by atoms with Crippen LogP contribution in [0.5, 0.6) is 0 Å². The van der Waals surface area contributed by atoms with E-state index in [9.17, 15) is 0 Å². The van der Waals surface area contributed by atoms with Crippen molar-refractivity contribution in [2.24, 2.45) is 4.99 Å². The molecule has 136 valence electrons. The van der Waals surface area contributed by atoms with Gasteiger partial charge in [0.2, 0.25) is 5.89 Å². The Labute approximate surface area is 150 Å². The summed E-state index contributed by atoms with van der Waals surface area (Å²) in [5.41, 5.74) is 1.31. The topological polar surface area (TPSA) is 75.3 Å². The highest BCUT2D eigenvalue weighted by atomic mass is 16.5. The summed E-state index contributed by atoms with van der Waals surface area (Å²) >= 11 is 0. The van der Waals surface area contributed by atoms with Crippen molar-refractivity contribution in [3.8, 4) is 0 Å². The van der Waals surface area contributed by atoms with Gasteiger partial charge in [0, 0.05) is 37.9 Å². The zero-order chi connectivity index (χ0) is 18.2. The summed E-state index contributed by atoms with van der Waals surface area (Å²) in [6.07, 6.45) is 0.670. The van der Waals surface area contributed by atoms with Gasteiger partial charge in [-0.15, -0.1) is 0 Å². The van der Waals surface area contributed by atoms with Gasteiger partial charge in [-0.25, -0.2) is 0 Å². The van der Waals surface area contributed by atoms with Crippen LogP contribution in [0.2, 0.25) is 0 Å². The molecular weight excluding hydrogens is 314 g/mol. The van der Waals surface area contributed by atoms with Crippen molar-refractivity contribution >= 4 is 5.96 Å². The fraction of sp³-hybridized carbons (Fsp3) is 0.526. The fourth-order valence-corrected chi connectivity index (χ4v) is 2.47. The van der Waals surface area contributed by atoms with Gasteiger partial charge in [-0.3, -0.25) is 4.99 Å². The molecule has 2 rings (SSSR count). The lowest BCUT2D eigenvalue weighted by atomic mass is 9.94. The Hall–Kier alpha value is -2.37. The largest absolute Gasteiger partial charge is 0.356 e. The molecule has 1 heterocycles. The van der Waals surface area contributed by atoms with Crippen molar-refractivity contribution in [1.29, 1.82) is 0 Å². The summed E-state index contributed by atoms with van der Waals surface area (Å²) in [4.78, 5) is 8.68. The monoisotopic (exact) mass is 343 g/mol. The predicted octanol–water partition coefficient (Wildman–Crippen LogP) is 3.09. The van der Waals surface area contributed by atoms with Gasteiger partial charge >= 0.3 is 0 Å². The second kappa shape index (κ2) is 9.20. The SMILES string of the molecule is CN=C(NCCc1nc(C(C)C)no1)NC(C)C(C)c1ccccc1. The Morgan fingerprint density at radius 1 is 1.16 bits per heavy atom. The second-order valence-corrected chi connectivity index (χ2v) is 6.58. The highest BCUT2D eigenvalue weighted by Crippen LogP contribution is 2.18. The molecule has 0 bridgehead atoms. The summed E-state index contributed by atoms with van der Waals surface area (Å²) < 4.78 is 5.26. The first-order valence-electron chi connectivity index (χ1n) is 8.85. The minimum absolute atomic E-state index is 0.254. The standard InChI is InChI=1S/C19H29N5O/c1-13(2)18-23-17(25-24-18)11-12-21-19(20-5)22-15(4)14(3)16-9-7-6-8-10-16/h6-10,13-15H,11-12H2,1-5H3,(H2,20,21,22). The maximum Gasteiger partial charge on any atom is 0.228 e. The van der Waals surface area contributed by atoms with Crippen LogP contribution in [0.4, 0.5) is 0 Å². The van der Waals surface area contributed by atoms with Gasteiger partial charge in [-0.1, -0.05) is 56.3 Å². The lowest BCUT2D eigenvalue weighted by molar-refractivity contribution is 0.371. The van der Waals surface area contributed by atoms with Crippen LogP contribution in [0, 0.1) is 0 Å². The van der Waals surface area contributed by atoms with Crippen LogP contribution in [-0.4, -0.2) is 35.7 Å². The van der Waals surface area contributed by atoms with E-state index in [1.54, 1.807) is 7.05 Å². The molecule has 2 N–H and O–H groups in total. The molecule has 0 saturated heterocycles. The number of nitrogens with zero attached hydrogens (tertiary/aromatic N) is 3. The third kappa shape index (κ3) is 5.59. The first kappa shape index (κ1) is 19.0. The van der Waals surface area contributed by atoms with E-state index in [1.165, 1.54) is 5.56 Å². The zero-order valence-electron chi connectivity index (χ0n) is 15.8. The molecule has 0 amide bonds. The van der Waals surface area contributed by atoms with Gasteiger partial charge in [-0.2, -0.15) is 4.98 Å². The van der Waals surface area contributed by atoms with Gasteiger partial charge in [0.1, 0.15) is 0 Å². The number of guanidine groups is 1. The Bertz CT molecular complexity index is 665. The van der Waals surface area contributed by atoms with E-state index in [0.717, 1.165) is 11.8 Å². The van der Waals surface area contributed by atoms with Crippen molar-refractivity contribution in [3.63, 3.8) is 0 Å².